The predicted molar refractivity (Wildman–Crippen MR) is 296 cm³/mol. The van der Waals surface area contributed by atoms with Crippen molar-refractivity contribution in [3.8, 4) is 0 Å². The fourth-order valence-corrected chi connectivity index (χ4v) is 8.94. The largest absolute Gasteiger partial charge is 0.466 e. The van der Waals surface area contributed by atoms with Crippen molar-refractivity contribution in [2.45, 2.75) is 321 Å². The number of unbranched alkanes of at least 4 members (excludes halogenated alkanes) is 38. The maximum atomic E-state index is 12.4. The van der Waals surface area contributed by atoms with Gasteiger partial charge in [-0.25, -0.2) is 0 Å². The van der Waals surface area contributed by atoms with Crippen LogP contribution in [0, 0.1) is 0 Å². The van der Waals surface area contributed by atoms with Gasteiger partial charge in [0.15, 0.2) is 0 Å². The van der Waals surface area contributed by atoms with E-state index in [1.807, 2.05) is 6.08 Å². The maximum absolute atomic E-state index is 12.4. The summed E-state index contributed by atoms with van der Waals surface area (Å²) >= 11 is 0. The highest BCUT2D eigenvalue weighted by atomic mass is 16.5. The topological polar surface area (TPSA) is 95.9 Å². The molecule has 1 amide bonds. The molecule has 0 radical (unpaired) electrons. The number of hydrogen-bond donors (Lipinski definition) is 3. The molecule has 0 saturated carbocycles. The van der Waals surface area contributed by atoms with Gasteiger partial charge < -0.3 is 20.3 Å². The van der Waals surface area contributed by atoms with Crippen LogP contribution < -0.4 is 5.32 Å². The summed E-state index contributed by atoms with van der Waals surface area (Å²) in [7, 11) is 0. The molecule has 68 heavy (non-hydrogen) atoms. The fraction of sp³-hybridized carbons (Fsp3) is 0.839. The number of amides is 1. The van der Waals surface area contributed by atoms with Gasteiger partial charge in [0.05, 0.1) is 25.4 Å². The first kappa shape index (κ1) is 65.8. The van der Waals surface area contributed by atoms with E-state index in [2.05, 4.69) is 55.6 Å². The summed E-state index contributed by atoms with van der Waals surface area (Å²) in [6, 6.07) is -0.626. The van der Waals surface area contributed by atoms with Crippen LogP contribution in [0.4, 0.5) is 0 Å². The molecule has 3 N–H and O–H groups in total. The number of carbonyl (C=O) groups is 2. The van der Waals surface area contributed by atoms with Gasteiger partial charge in [-0.3, -0.25) is 9.59 Å². The van der Waals surface area contributed by atoms with Crippen LogP contribution >= 0.6 is 0 Å². The third kappa shape index (κ3) is 53.2. The molecule has 6 nitrogen and oxygen atoms in total. The molecule has 0 spiro atoms. The molecule has 0 fully saturated rings. The fourth-order valence-electron chi connectivity index (χ4n) is 8.94. The zero-order valence-corrected chi connectivity index (χ0v) is 45.3. The first-order chi connectivity index (χ1) is 33.5. The number of nitrogens with one attached hydrogen (secondary N) is 1. The van der Waals surface area contributed by atoms with Crippen molar-refractivity contribution < 1.29 is 24.5 Å². The van der Waals surface area contributed by atoms with Crippen molar-refractivity contribution in [3.05, 3.63) is 48.6 Å². The zero-order valence-electron chi connectivity index (χ0n) is 45.3. The number of aliphatic hydroxyl groups is 2. The standard InChI is InChI=1S/C62H115NO5/c1-3-5-7-9-11-13-14-15-33-36-40-44-48-52-56-62(67)68-57-53-49-45-41-37-34-31-29-27-25-23-21-19-17-16-18-20-22-24-26-28-30-32-35-39-43-47-51-55-61(66)63-59(58-64)60(65)54-50-46-42-38-12-10-8-6-4-2/h9,11,14-17,50,54,59-60,64-65H,3-8,10,12-13,18-49,51-53,55-58H2,1-2H3,(H,63,66)/b11-9-,15-14-,17-16-,54-50+. The van der Waals surface area contributed by atoms with E-state index in [1.54, 1.807) is 6.08 Å². The minimum absolute atomic E-state index is 0.000167. The minimum atomic E-state index is -0.842. The van der Waals surface area contributed by atoms with Crippen LogP contribution in [0.25, 0.3) is 0 Å². The number of allylic oxidation sites excluding steroid dienone is 7. The van der Waals surface area contributed by atoms with E-state index < -0.39 is 12.1 Å². The van der Waals surface area contributed by atoms with Gasteiger partial charge in [-0.1, -0.05) is 262 Å². The molecule has 0 aromatic rings. The van der Waals surface area contributed by atoms with Crippen molar-refractivity contribution >= 4 is 11.9 Å². The normalized spacial score (nSPS) is 12.9. The van der Waals surface area contributed by atoms with E-state index in [-0.39, 0.29) is 18.5 Å². The number of ether oxygens (including phenoxy) is 1. The molecular formula is C62H115NO5. The molecule has 0 aromatic heterocycles. The molecule has 398 valence electrons. The Labute approximate surface area is 423 Å². The van der Waals surface area contributed by atoms with Gasteiger partial charge in [0.25, 0.3) is 0 Å². The Morgan fingerprint density at radius 3 is 1.18 bits per heavy atom. The highest BCUT2D eigenvalue weighted by Crippen LogP contribution is 2.16. The minimum Gasteiger partial charge on any atom is -0.466 e. The lowest BCUT2D eigenvalue weighted by atomic mass is 10.0. The molecule has 0 aromatic carbocycles. The molecule has 0 bridgehead atoms. The van der Waals surface area contributed by atoms with E-state index >= 15 is 0 Å². The maximum Gasteiger partial charge on any atom is 0.305 e. The lowest BCUT2D eigenvalue weighted by Crippen LogP contribution is -2.45. The van der Waals surface area contributed by atoms with Crippen molar-refractivity contribution in [2.75, 3.05) is 13.2 Å². The second-order valence-corrected chi connectivity index (χ2v) is 20.3. The average molecular weight is 955 g/mol. The number of hydrogen-bond acceptors (Lipinski definition) is 5. The van der Waals surface area contributed by atoms with Gasteiger partial charge in [0.1, 0.15) is 0 Å². The first-order valence-corrected chi connectivity index (χ1v) is 29.9. The van der Waals surface area contributed by atoms with Crippen LogP contribution in [0.5, 0.6) is 0 Å². The highest BCUT2D eigenvalue weighted by Gasteiger charge is 2.18. The van der Waals surface area contributed by atoms with Gasteiger partial charge >= 0.3 is 5.97 Å². The van der Waals surface area contributed by atoms with Crippen LogP contribution in [0.3, 0.4) is 0 Å². The molecular weight excluding hydrogens is 839 g/mol. The molecule has 0 saturated heterocycles. The lowest BCUT2D eigenvalue weighted by molar-refractivity contribution is -0.143. The smallest absolute Gasteiger partial charge is 0.305 e. The molecule has 0 aliphatic carbocycles. The molecule has 0 aliphatic heterocycles. The second-order valence-electron chi connectivity index (χ2n) is 20.3. The molecule has 2 atom stereocenters. The van der Waals surface area contributed by atoms with Gasteiger partial charge in [-0.15, -0.1) is 0 Å². The summed E-state index contributed by atoms with van der Waals surface area (Å²) < 4.78 is 5.47. The Morgan fingerprint density at radius 1 is 0.412 bits per heavy atom. The first-order valence-electron chi connectivity index (χ1n) is 29.9. The Kier molecular flexibility index (Phi) is 55.6. The Hall–Kier alpha value is -2.18. The monoisotopic (exact) mass is 954 g/mol. The zero-order chi connectivity index (χ0) is 49.3. The third-order valence-electron chi connectivity index (χ3n) is 13.6. The molecule has 2 unspecified atom stereocenters. The highest BCUT2D eigenvalue weighted by molar-refractivity contribution is 5.76. The van der Waals surface area contributed by atoms with E-state index in [0.717, 1.165) is 51.4 Å². The van der Waals surface area contributed by atoms with Crippen molar-refractivity contribution in [1.29, 1.82) is 0 Å². The van der Waals surface area contributed by atoms with Gasteiger partial charge in [-0.05, 0) is 83.5 Å². The summed E-state index contributed by atoms with van der Waals surface area (Å²) in [6.07, 6.45) is 73.0. The number of carbonyl (C=O) groups excluding carboxylic acids is 2. The van der Waals surface area contributed by atoms with Gasteiger partial charge in [0, 0.05) is 12.8 Å². The van der Waals surface area contributed by atoms with Crippen LogP contribution in [-0.2, 0) is 14.3 Å². The number of aliphatic hydroxyl groups excluding tert-OH is 2. The Bertz CT molecular complexity index is 1150. The van der Waals surface area contributed by atoms with E-state index in [4.69, 9.17) is 4.74 Å². The van der Waals surface area contributed by atoms with Gasteiger partial charge in [0.2, 0.25) is 5.91 Å². The summed E-state index contributed by atoms with van der Waals surface area (Å²) in [5.41, 5.74) is 0. The molecule has 0 rings (SSSR count). The van der Waals surface area contributed by atoms with E-state index in [0.29, 0.717) is 19.4 Å². The van der Waals surface area contributed by atoms with Crippen molar-refractivity contribution in [1.82, 2.24) is 5.32 Å². The third-order valence-corrected chi connectivity index (χ3v) is 13.6. The van der Waals surface area contributed by atoms with E-state index in [9.17, 15) is 19.8 Å². The van der Waals surface area contributed by atoms with Crippen LogP contribution in [0.1, 0.15) is 309 Å². The lowest BCUT2D eigenvalue weighted by Gasteiger charge is -2.20. The SMILES string of the molecule is CCCC/C=C\C/C=C\CCCCCCCC(=O)OCCCCCCCCCCCCCC/C=C\CCCCCCCCCCCCCCC(=O)NC(CO)C(O)/C=C/CCCCCCCCC. The Balaban J connectivity index is 3.37. The summed E-state index contributed by atoms with van der Waals surface area (Å²) in [5, 5.41) is 22.9. The summed E-state index contributed by atoms with van der Waals surface area (Å²) in [6.45, 7) is 4.83. The average Bonchev–Trinajstić information content (AvgIpc) is 3.34. The number of rotatable bonds is 55. The quantitative estimate of drug-likeness (QED) is 0.0321. The predicted octanol–water partition coefficient (Wildman–Crippen LogP) is 18.6. The van der Waals surface area contributed by atoms with Crippen molar-refractivity contribution in [2.24, 2.45) is 0 Å². The van der Waals surface area contributed by atoms with Gasteiger partial charge in [-0.2, -0.15) is 0 Å². The Morgan fingerprint density at radius 2 is 0.750 bits per heavy atom. The summed E-state index contributed by atoms with van der Waals surface area (Å²) in [5.74, 6) is -0.0708. The molecule has 6 heteroatoms. The van der Waals surface area contributed by atoms with Crippen LogP contribution in [-0.4, -0.2) is 47.4 Å². The molecule has 0 aliphatic rings. The van der Waals surface area contributed by atoms with Crippen molar-refractivity contribution in [3.63, 3.8) is 0 Å². The second kappa shape index (κ2) is 57.4. The summed E-state index contributed by atoms with van der Waals surface area (Å²) in [4.78, 5) is 24.4. The van der Waals surface area contributed by atoms with Crippen LogP contribution in [0.2, 0.25) is 0 Å². The van der Waals surface area contributed by atoms with E-state index in [1.165, 1.54) is 231 Å². The number of esters is 1. The van der Waals surface area contributed by atoms with Crippen LogP contribution in [0.15, 0.2) is 48.6 Å². The molecule has 0 heterocycles.